The number of benzene rings is 2. The Morgan fingerprint density at radius 3 is 1.87 bits per heavy atom. The van der Waals surface area contributed by atoms with E-state index in [1.165, 1.54) is 48.1 Å². The van der Waals surface area contributed by atoms with Gasteiger partial charge in [-0.25, -0.2) is 9.59 Å². The zero-order valence-corrected chi connectivity index (χ0v) is 31.2. The third-order valence-electron chi connectivity index (χ3n) is 8.62. The van der Waals surface area contributed by atoms with E-state index >= 15 is 0 Å². The van der Waals surface area contributed by atoms with Crippen molar-refractivity contribution in [3.63, 3.8) is 0 Å². The number of allylic oxidation sites excluding steroid dienone is 4. The van der Waals surface area contributed by atoms with Crippen molar-refractivity contribution in [1.29, 1.82) is 0 Å². The van der Waals surface area contributed by atoms with Gasteiger partial charge < -0.3 is 20.4 Å². The molecule has 3 atom stereocenters. The third kappa shape index (κ3) is 8.27. The van der Waals surface area contributed by atoms with Crippen molar-refractivity contribution in [2.75, 3.05) is 0 Å². The number of carboxylic acid groups (broad SMARTS) is 4. The highest BCUT2D eigenvalue weighted by atomic mass is 28.3. The predicted octanol–water partition coefficient (Wildman–Crippen LogP) is 5.28. The maximum atomic E-state index is 11.5. The molecule has 2 aliphatic carbocycles. The summed E-state index contributed by atoms with van der Waals surface area (Å²) in [6.07, 6.45) is 9.10. The van der Waals surface area contributed by atoms with Crippen molar-refractivity contribution in [3.8, 4) is 11.1 Å². The Kier molecular flexibility index (Phi) is 11.1. The maximum Gasteiger partial charge on any atom is 0.331 e. The van der Waals surface area contributed by atoms with E-state index in [-0.39, 0.29) is 17.6 Å². The summed E-state index contributed by atoms with van der Waals surface area (Å²) in [6, 6.07) is 15.8. The van der Waals surface area contributed by atoms with E-state index in [1.54, 1.807) is 28.9 Å². The molecule has 3 unspecified atom stereocenters. The monoisotopic (exact) mass is 688 g/mol. The second-order valence-electron chi connectivity index (χ2n) is 14.6. The Balaban J connectivity index is 0.000000194. The van der Waals surface area contributed by atoms with Crippen LogP contribution in [0.15, 0.2) is 90.1 Å². The van der Waals surface area contributed by atoms with Crippen molar-refractivity contribution in [2.45, 2.75) is 65.1 Å². The molecule has 1 aliphatic heterocycles. The molecule has 4 N–H and O–H groups in total. The topological polar surface area (TPSA) is 149 Å². The average molecular weight is 689 g/mol. The normalized spacial score (nSPS) is 22.6. The lowest BCUT2D eigenvalue weighted by atomic mass is 9.79. The zero-order valence-electron chi connectivity index (χ0n) is 28.2. The molecule has 0 saturated heterocycles. The fourth-order valence-corrected chi connectivity index (χ4v) is 12.6. The molecule has 3 aliphatic rings. The van der Waals surface area contributed by atoms with Crippen molar-refractivity contribution in [3.05, 3.63) is 90.1 Å². The standard InChI is InChI=1S/C15H16Si2.C12H18O4Si.C9H10O4/c1-17(2,3)14-10-6-9-13-15(14)11-7-4-5-8-12(11)16-13;1-12(11(15)16)7-5-6-8(10(13)14)9(12)17(2,3)4;1-9(8(12)13)4-2-3-6(5-9)7(10)11/h4-10H,1-3H3;5-7,9H,1-4H3,(H,13,14)(H,15,16);2-4H,5H2,1H3,(H,10,11)(H,12,13). The van der Waals surface area contributed by atoms with Crippen LogP contribution in [-0.2, 0) is 19.2 Å². The second-order valence-corrected chi connectivity index (χ2v) is 26.3. The van der Waals surface area contributed by atoms with Crippen LogP contribution in [0.3, 0.4) is 0 Å². The third-order valence-corrected chi connectivity index (χ3v) is 14.7. The molecule has 0 amide bonds. The largest absolute Gasteiger partial charge is 0.481 e. The van der Waals surface area contributed by atoms with E-state index in [9.17, 15) is 29.4 Å². The van der Waals surface area contributed by atoms with Gasteiger partial charge in [-0.15, -0.1) is 0 Å². The van der Waals surface area contributed by atoms with Gasteiger partial charge in [-0.05, 0) is 31.4 Å². The first-order chi connectivity index (χ1) is 21.6. The van der Waals surface area contributed by atoms with Crippen LogP contribution in [0.5, 0.6) is 0 Å². The smallest absolute Gasteiger partial charge is 0.331 e. The summed E-state index contributed by atoms with van der Waals surface area (Å²) in [6.45, 7) is 16.4. The van der Waals surface area contributed by atoms with Crippen LogP contribution < -0.4 is 15.6 Å². The molecule has 2 radical (unpaired) electrons. The summed E-state index contributed by atoms with van der Waals surface area (Å²) in [7, 11) is -2.37. The fourth-order valence-electron chi connectivity index (χ4n) is 6.33. The number of hydrogen-bond acceptors (Lipinski definition) is 4. The molecule has 8 nitrogen and oxygen atoms in total. The number of fused-ring (bicyclic) bond motifs is 3. The quantitative estimate of drug-likeness (QED) is 0.256. The second kappa shape index (κ2) is 14.0. The Hall–Kier alpha value is -4.07. The molecular formula is C36H44O8Si3. The molecule has 0 saturated carbocycles. The fraction of sp³-hybridized carbons (Fsp3) is 0.333. The van der Waals surface area contributed by atoms with Crippen molar-refractivity contribution >= 4 is 65.1 Å². The SMILES string of the molecule is CC1(C(=O)O)C=CC=C(C(=O)O)C1.CC1(C(=O)O)C=CC=C(C(=O)O)C1[Si](C)(C)C.C[Si](C)(C)c1cccc2c1-c1ccccc1[Si]2. The lowest BCUT2D eigenvalue weighted by molar-refractivity contribution is -0.146. The van der Waals surface area contributed by atoms with Crippen LogP contribution in [0.4, 0.5) is 0 Å². The van der Waals surface area contributed by atoms with E-state index in [4.69, 9.17) is 10.2 Å². The van der Waals surface area contributed by atoms with Crippen molar-refractivity contribution in [2.24, 2.45) is 10.8 Å². The van der Waals surface area contributed by atoms with Crippen LogP contribution in [0, 0.1) is 10.8 Å². The van der Waals surface area contributed by atoms with Gasteiger partial charge >= 0.3 is 23.9 Å². The molecular weight excluding hydrogens is 645 g/mol. The highest BCUT2D eigenvalue weighted by molar-refractivity contribution is 6.91. The first-order valence-corrected chi connectivity index (χ1v) is 23.4. The number of carboxylic acids is 4. The Morgan fingerprint density at radius 2 is 1.34 bits per heavy atom. The molecule has 2 aromatic rings. The van der Waals surface area contributed by atoms with Crippen LogP contribution in [0.25, 0.3) is 11.1 Å². The van der Waals surface area contributed by atoms with E-state index in [2.05, 4.69) is 62.1 Å². The molecule has 0 spiro atoms. The lowest BCUT2D eigenvalue weighted by Gasteiger charge is -2.41. The maximum absolute atomic E-state index is 11.5. The summed E-state index contributed by atoms with van der Waals surface area (Å²) < 4.78 is 0. The van der Waals surface area contributed by atoms with Crippen LogP contribution in [0.2, 0.25) is 44.8 Å². The van der Waals surface area contributed by atoms with Gasteiger partial charge in [-0.3, -0.25) is 9.59 Å². The summed E-state index contributed by atoms with van der Waals surface area (Å²) in [5.74, 6) is -4.05. The number of rotatable bonds is 6. The molecule has 11 heteroatoms. The highest BCUT2D eigenvalue weighted by Gasteiger charge is 2.50. The molecule has 0 fully saturated rings. The number of aliphatic carboxylic acids is 4. The summed E-state index contributed by atoms with van der Waals surface area (Å²) in [5.41, 5.74) is 0.772. The average Bonchev–Trinajstić information content (AvgIpc) is 3.35. The highest BCUT2D eigenvalue weighted by Crippen LogP contribution is 2.48. The number of hydrogen-bond donors (Lipinski definition) is 4. The van der Waals surface area contributed by atoms with Gasteiger partial charge in [0.2, 0.25) is 0 Å². The summed E-state index contributed by atoms with van der Waals surface area (Å²) in [4.78, 5) is 44.0. The Bertz CT molecular complexity index is 1710. The van der Waals surface area contributed by atoms with Gasteiger partial charge in [0, 0.05) is 16.7 Å². The molecule has 0 bridgehead atoms. The summed E-state index contributed by atoms with van der Waals surface area (Å²) in [5, 5.41) is 40.8. The zero-order chi connectivity index (χ0) is 35.5. The molecule has 1 heterocycles. The van der Waals surface area contributed by atoms with Crippen LogP contribution in [0.1, 0.15) is 20.3 Å². The van der Waals surface area contributed by atoms with Gasteiger partial charge in [0.15, 0.2) is 0 Å². The van der Waals surface area contributed by atoms with Gasteiger partial charge in [0.05, 0.1) is 27.0 Å². The minimum atomic E-state index is -1.96. The molecule has 0 aromatic heterocycles. The van der Waals surface area contributed by atoms with Crippen LogP contribution in [-0.4, -0.2) is 70.0 Å². The molecule has 2 aromatic carbocycles. The first kappa shape index (κ1) is 37.4. The van der Waals surface area contributed by atoms with Crippen molar-refractivity contribution in [1.82, 2.24) is 0 Å². The van der Waals surface area contributed by atoms with Gasteiger partial charge in [0.1, 0.15) is 9.52 Å². The van der Waals surface area contributed by atoms with Gasteiger partial charge in [-0.2, -0.15) is 0 Å². The minimum Gasteiger partial charge on any atom is -0.481 e. The molecule has 47 heavy (non-hydrogen) atoms. The van der Waals surface area contributed by atoms with Crippen LogP contribution >= 0.6 is 0 Å². The minimum absolute atomic E-state index is 0.0359. The van der Waals surface area contributed by atoms with Gasteiger partial charge in [0.25, 0.3) is 0 Å². The Morgan fingerprint density at radius 1 is 0.745 bits per heavy atom. The van der Waals surface area contributed by atoms with Gasteiger partial charge in [-0.1, -0.05) is 134 Å². The van der Waals surface area contributed by atoms with E-state index in [0.29, 0.717) is 0 Å². The molecule has 248 valence electrons. The predicted molar refractivity (Wildman–Crippen MR) is 193 cm³/mol. The van der Waals surface area contributed by atoms with E-state index in [1.807, 2.05) is 19.6 Å². The summed E-state index contributed by atoms with van der Waals surface area (Å²) >= 11 is 0. The lowest BCUT2D eigenvalue weighted by Crippen LogP contribution is -2.46. The van der Waals surface area contributed by atoms with E-state index < -0.39 is 56.4 Å². The number of carbonyl (C=O) groups is 4. The first-order valence-electron chi connectivity index (χ1n) is 15.3. The molecule has 5 rings (SSSR count). The van der Waals surface area contributed by atoms with E-state index in [0.717, 1.165) is 9.52 Å². The Labute approximate surface area is 281 Å². The van der Waals surface area contributed by atoms with Crippen molar-refractivity contribution < 1.29 is 39.6 Å².